The van der Waals surface area contributed by atoms with Gasteiger partial charge in [-0.1, -0.05) is 11.6 Å². The van der Waals surface area contributed by atoms with E-state index in [4.69, 9.17) is 11.6 Å². The molecule has 0 saturated heterocycles. The molecule has 0 amide bonds. The standard InChI is InChI=1S/C12H12ClN3O3S/c1-20(18,19)11-3-2-8(6-10(11)13)15-12-7-9(16-17)4-5-14-12/h2-7H,16H2,1H3,(H,14,15). The van der Waals surface area contributed by atoms with Gasteiger partial charge in [0.1, 0.15) is 11.5 Å². The van der Waals surface area contributed by atoms with E-state index in [1.54, 1.807) is 18.2 Å². The highest BCUT2D eigenvalue weighted by molar-refractivity contribution is 7.90. The van der Waals surface area contributed by atoms with Gasteiger partial charge in [-0.2, -0.15) is 0 Å². The summed E-state index contributed by atoms with van der Waals surface area (Å²) in [4.78, 5) is 4.12. The monoisotopic (exact) mass is 313 g/mol. The summed E-state index contributed by atoms with van der Waals surface area (Å²) in [5.41, 5.74) is 1.78. The van der Waals surface area contributed by atoms with Gasteiger partial charge in [0.15, 0.2) is 9.84 Å². The lowest BCUT2D eigenvalue weighted by molar-refractivity contribution is -0.497. The van der Waals surface area contributed by atoms with Crippen LogP contribution in [-0.2, 0) is 9.84 Å². The van der Waals surface area contributed by atoms with Crippen LogP contribution < -0.4 is 10.8 Å². The van der Waals surface area contributed by atoms with E-state index in [0.717, 1.165) is 6.26 Å². The summed E-state index contributed by atoms with van der Waals surface area (Å²) in [5, 5.41) is 13.8. The number of hydrogen-bond donors (Lipinski definition) is 2. The van der Waals surface area contributed by atoms with E-state index in [1.807, 2.05) is 0 Å². The second kappa shape index (κ2) is 5.76. The Balaban J connectivity index is 2.29. The van der Waals surface area contributed by atoms with Crippen molar-refractivity contribution in [3.05, 3.63) is 46.8 Å². The minimum Gasteiger partial charge on any atom is -0.630 e. The molecule has 1 aromatic heterocycles. The molecule has 6 nitrogen and oxygen atoms in total. The van der Waals surface area contributed by atoms with E-state index in [9.17, 15) is 13.6 Å². The van der Waals surface area contributed by atoms with E-state index < -0.39 is 9.84 Å². The molecule has 0 aliphatic rings. The molecule has 0 unspecified atom stereocenters. The van der Waals surface area contributed by atoms with Crippen molar-refractivity contribution >= 4 is 38.6 Å². The van der Waals surface area contributed by atoms with E-state index in [0.29, 0.717) is 22.7 Å². The van der Waals surface area contributed by atoms with Gasteiger partial charge in [-0.15, -0.1) is 0 Å². The van der Waals surface area contributed by atoms with Crippen molar-refractivity contribution in [2.45, 2.75) is 4.90 Å². The molecular weight excluding hydrogens is 302 g/mol. The fourth-order valence-electron chi connectivity index (χ4n) is 1.62. The van der Waals surface area contributed by atoms with E-state index in [2.05, 4.69) is 10.3 Å². The van der Waals surface area contributed by atoms with E-state index in [1.165, 1.54) is 18.3 Å². The van der Waals surface area contributed by atoms with Crippen LogP contribution >= 0.6 is 11.6 Å². The normalized spacial score (nSPS) is 11.3. The lowest BCUT2D eigenvalue weighted by atomic mass is 10.3. The Labute approximate surface area is 121 Å². The third-order valence-corrected chi connectivity index (χ3v) is 4.10. The highest BCUT2D eigenvalue weighted by Crippen LogP contribution is 2.26. The number of benzene rings is 1. The SMILES string of the molecule is CS(=O)(=O)c1ccc(Nc2cc([NH2+][O-])ccn2)cc1Cl. The number of rotatable bonds is 4. The lowest BCUT2D eigenvalue weighted by Crippen LogP contribution is -2.70. The Hall–Kier alpha value is -1.67. The average Bonchev–Trinajstić information content (AvgIpc) is 2.37. The smallest absolute Gasteiger partial charge is 0.176 e. The van der Waals surface area contributed by atoms with Crippen LogP contribution in [0.5, 0.6) is 0 Å². The topological polar surface area (TPSA) is 98.7 Å². The van der Waals surface area contributed by atoms with Gasteiger partial charge in [-0.3, -0.25) is 0 Å². The van der Waals surface area contributed by atoms with Gasteiger partial charge < -0.3 is 16.0 Å². The number of nitrogens with zero attached hydrogens (tertiary/aromatic N) is 1. The van der Waals surface area contributed by atoms with Crippen LogP contribution in [0, 0.1) is 5.21 Å². The first-order chi connectivity index (χ1) is 9.40. The van der Waals surface area contributed by atoms with Crippen molar-refractivity contribution in [1.82, 2.24) is 4.98 Å². The molecule has 1 heterocycles. The van der Waals surface area contributed by atoms with Crippen molar-refractivity contribution in [3.8, 4) is 0 Å². The number of nitrogens with one attached hydrogen (secondary N) is 1. The first-order valence-electron chi connectivity index (χ1n) is 5.58. The van der Waals surface area contributed by atoms with Crippen molar-refractivity contribution in [3.63, 3.8) is 0 Å². The summed E-state index contributed by atoms with van der Waals surface area (Å²) in [7, 11) is -3.36. The van der Waals surface area contributed by atoms with Gasteiger partial charge in [0, 0.05) is 30.3 Å². The Morgan fingerprint density at radius 3 is 2.65 bits per heavy atom. The minimum atomic E-state index is -3.36. The van der Waals surface area contributed by atoms with Gasteiger partial charge >= 0.3 is 0 Å². The first kappa shape index (κ1) is 14.7. The van der Waals surface area contributed by atoms with Gasteiger partial charge in [0.05, 0.1) is 9.92 Å². The summed E-state index contributed by atoms with van der Waals surface area (Å²) in [5.74, 6) is 0.470. The van der Waals surface area contributed by atoms with Crippen LogP contribution in [0.25, 0.3) is 0 Å². The van der Waals surface area contributed by atoms with Crippen LogP contribution in [0.4, 0.5) is 17.2 Å². The van der Waals surface area contributed by atoms with Crippen molar-refractivity contribution in [1.29, 1.82) is 0 Å². The largest absolute Gasteiger partial charge is 0.630 e. The fraction of sp³-hybridized carbons (Fsp3) is 0.0833. The highest BCUT2D eigenvalue weighted by atomic mass is 35.5. The minimum absolute atomic E-state index is 0.0688. The van der Waals surface area contributed by atoms with Gasteiger partial charge in [0.2, 0.25) is 0 Å². The zero-order valence-electron chi connectivity index (χ0n) is 10.5. The van der Waals surface area contributed by atoms with Gasteiger partial charge in [-0.25, -0.2) is 13.4 Å². The zero-order valence-corrected chi connectivity index (χ0v) is 12.1. The molecular formula is C12H12ClN3O3S. The number of anilines is 2. The van der Waals surface area contributed by atoms with E-state index >= 15 is 0 Å². The highest BCUT2D eigenvalue weighted by Gasteiger charge is 2.12. The Bertz CT molecular complexity index is 734. The molecule has 20 heavy (non-hydrogen) atoms. The number of aromatic nitrogens is 1. The number of hydrogen-bond acceptors (Lipinski definition) is 5. The summed E-state index contributed by atoms with van der Waals surface area (Å²) in [6.45, 7) is 0. The van der Waals surface area contributed by atoms with Crippen molar-refractivity contribution < 1.29 is 13.9 Å². The third-order valence-electron chi connectivity index (χ3n) is 2.52. The Kier molecular flexibility index (Phi) is 4.24. The first-order valence-corrected chi connectivity index (χ1v) is 7.85. The molecule has 0 aliphatic carbocycles. The molecule has 3 N–H and O–H groups in total. The van der Waals surface area contributed by atoms with Crippen molar-refractivity contribution in [2.75, 3.05) is 11.6 Å². The summed E-state index contributed by atoms with van der Waals surface area (Å²) in [6, 6.07) is 7.65. The molecule has 0 radical (unpaired) electrons. The Morgan fingerprint density at radius 1 is 1.30 bits per heavy atom. The summed E-state index contributed by atoms with van der Waals surface area (Å²) < 4.78 is 22.9. The second-order valence-electron chi connectivity index (χ2n) is 4.13. The number of quaternary nitrogens is 1. The van der Waals surface area contributed by atoms with Crippen molar-refractivity contribution in [2.24, 2.45) is 0 Å². The number of halogens is 1. The molecule has 1 aromatic carbocycles. The predicted octanol–water partition coefficient (Wildman–Crippen LogP) is 1.57. The zero-order chi connectivity index (χ0) is 14.8. The molecule has 0 aliphatic heterocycles. The van der Waals surface area contributed by atoms with Gasteiger partial charge in [-0.05, 0) is 18.2 Å². The maximum atomic E-state index is 11.5. The van der Waals surface area contributed by atoms with Crippen LogP contribution in [-0.4, -0.2) is 19.7 Å². The number of sulfone groups is 1. The summed E-state index contributed by atoms with van der Waals surface area (Å²) in [6.07, 6.45) is 2.59. The van der Waals surface area contributed by atoms with Crippen LogP contribution in [0.1, 0.15) is 0 Å². The van der Waals surface area contributed by atoms with E-state index in [-0.39, 0.29) is 9.92 Å². The van der Waals surface area contributed by atoms with Crippen LogP contribution in [0.3, 0.4) is 0 Å². The quantitative estimate of drug-likeness (QED) is 0.835. The maximum absolute atomic E-state index is 11.5. The number of nitrogens with two attached hydrogens (primary N) is 1. The molecule has 0 fully saturated rings. The third kappa shape index (κ3) is 3.45. The molecule has 0 spiro atoms. The molecule has 2 aromatic rings. The molecule has 0 saturated carbocycles. The summed E-state index contributed by atoms with van der Waals surface area (Å²) >= 11 is 5.94. The Morgan fingerprint density at radius 2 is 2.05 bits per heavy atom. The number of pyridine rings is 1. The second-order valence-corrected chi connectivity index (χ2v) is 6.53. The molecule has 0 bridgehead atoms. The van der Waals surface area contributed by atoms with Crippen LogP contribution in [0.15, 0.2) is 41.4 Å². The van der Waals surface area contributed by atoms with Crippen LogP contribution in [0.2, 0.25) is 5.02 Å². The average molecular weight is 314 g/mol. The predicted molar refractivity (Wildman–Crippen MR) is 77.0 cm³/mol. The molecule has 106 valence electrons. The fourth-order valence-corrected chi connectivity index (χ4v) is 2.95. The maximum Gasteiger partial charge on any atom is 0.176 e. The molecule has 8 heteroatoms. The lowest BCUT2D eigenvalue weighted by Gasteiger charge is -2.09. The van der Waals surface area contributed by atoms with Gasteiger partial charge in [0.25, 0.3) is 0 Å². The molecule has 2 rings (SSSR count). The molecule has 0 atom stereocenters.